The molecule has 0 atom stereocenters. The number of nitro benzene ring substituents is 1. The van der Waals surface area contributed by atoms with Crippen LogP contribution < -0.4 is 0 Å². The summed E-state index contributed by atoms with van der Waals surface area (Å²) in [6, 6.07) is 4.20. The summed E-state index contributed by atoms with van der Waals surface area (Å²) in [5.41, 5.74) is 1.06. The van der Waals surface area contributed by atoms with Crippen molar-refractivity contribution in [3.63, 3.8) is 0 Å². The Bertz CT molecular complexity index is 349. The third kappa shape index (κ3) is 7.22. The fraction of sp³-hybridized carbons (Fsp3) is 0.462. The van der Waals surface area contributed by atoms with Crippen molar-refractivity contribution >= 4 is 12.0 Å². The van der Waals surface area contributed by atoms with E-state index in [2.05, 4.69) is 13.8 Å². The van der Waals surface area contributed by atoms with Gasteiger partial charge in [0.1, 0.15) is 0 Å². The SMILES string of the molecule is CC.CCC.Cc1ccc([N+](=O)[O-])cc1C=O. The second-order valence-corrected chi connectivity index (χ2v) is 3.12. The number of hydrogen-bond acceptors (Lipinski definition) is 3. The molecule has 4 heteroatoms. The Kier molecular flexibility index (Phi) is 11.2. The maximum absolute atomic E-state index is 10.4. The van der Waals surface area contributed by atoms with Crippen LogP contribution in [0.1, 0.15) is 50.0 Å². The summed E-state index contributed by atoms with van der Waals surface area (Å²) >= 11 is 0. The molecule has 0 fully saturated rings. The van der Waals surface area contributed by atoms with Crippen LogP contribution in [-0.4, -0.2) is 11.2 Å². The normalized spacial score (nSPS) is 8.06. The zero-order valence-electron chi connectivity index (χ0n) is 11.2. The average molecular weight is 239 g/mol. The summed E-state index contributed by atoms with van der Waals surface area (Å²) in [4.78, 5) is 20.1. The summed E-state index contributed by atoms with van der Waals surface area (Å²) in [6.45, 7) is 9.98. The highest BCUT2D eigenvalue weighted by atomic mass is 16.6. The fourth-order valence-electron chi connectivity index (χ4n) is 0.868. The Balaban J connectivity index is 0. The molecule has 1 aromatic carbocycles. The monoisotopic (exact) mass is 239 g/mol. The Morgan fingerprint density at radius 2 is 1.76 bits per heavy atom. The predicted molar refractivity (Wildman–Crippen MR) is 70.5 cm³/mol. The molecule has 0 bridgehead atoms. The highest BCUT2D eigenvalue weighted by molar-refractivity contribution is 5.78. The van der Waals surface area contributed by atoms with Gasteiger partial charge in [-0.05, 0) is 12.5 Å². The molecule has 1 rings (SSSR count). The minimum absolute atomic E-state index is 0.0531. The summed E-state index contributed by atoms with van der Waals surface area (Å²) in [5.74, 6) is 0. The van der Waals surface area contributed by atoms with E-state index in [1.165, 1.54) is 18.6 Å². The van der Waals surface area contributed by atoms with Gasteiger partial charge >= 0.3 is 0 Å². The van der Waals surface area contributed by atoms with Crippen LogP contribution in [0.4, 0.5) is 5.69 Å². The Morgan fingerprint density at radius 1 is 1.29 bits per heavy atom. The summed E-state index contributed by atoms with van der Waals surface area (Å²) in [7, 11) is 0. The Hall–Kier alpha value is -1.71. The number of non-ortho nitro benzene ring substituents is 1. The molecule has 0 spiro atoms. The van der Waals surface area contributed by atoms with Gasteiger partial charge in [0, 0.05) is 17.7 Å². The van der Waals surface area contributed by atoms with Gasteiger partial charge in [0.25, 0.3) is 5.69 Å². The lowest BCUT2D eigenvalue weighted by molar-refractivity contribution is -0.384. The molecule has 17 heavy (non-hydrogen) atoms. The van der Waals surface area contributed by atoms with E-state index < -0.39 is 4.92 Å². The number of aryl methyl sites for hydroxylation is 1. The molecule has 0 N–H and O–H groups in total. The first-order valence-corrected chi connectivity index (χ1v) is 5.77. The first-order valence-electron chi connectivity index (χ1n) is 5.77. The first kappa shape index (κ1) is 17.7. The molecule has 0 heterocycles. The topological polar surface area (TPSA) is 60.2 Å². The highest BCUT2D eigenvalue weighted by Gasteiger charge is 2.06. The van der Waals surface area contributed by atoms with Crippen LogP contribution in [0, 0.1) is 17.0 Å². The highest BCUT2D eigenvalue weighted by Crippen LogP contribution is 2.15. The molecule has 0 aromatic heterocycles. The van der Waals surface area contributed by atoms with Gasteiger partial charge in [0.15, 0.2) is 6.29 Å². The second kappa shape index (κ2) is 10.8. The molecule has 0 saturated carbocycles. The van der Waals surface area contributed by atoms with E-state index in [1.807, 2.05) is 13.8 Å². The molecule has 96 valence electrons. The molecule has 0 aliphatic rings. The lowest BCUT2D eigenvalue weighted by Crippen LogP contribution is -1.91. The third-order valence-electron chi connectivity index (χ3n) is 1.60. The van der Waals surface area contributed by atoms with Gasteiger partial charge in [-0.3, -0.25) is 14.9 Å². The van der Waals surface area contributed by atoms with Gasteiger partial charge in [-0.15, -0.1) is 0 Å². The number of carbonyl (C=O) groups excluding carboxylic acids is 1. The van der Waals surface area contributed by atoms with Crippen molar-refractivity contribution in [1.82, 2.24) is 0 Å². The molecular weight excluding hydrogens is 218 g/mol. The van der Waals surface area contributed by atoms with E-state index in [-0.39, 0.29) is 5.69 Å². The van der Waals surface area contributed by atoms with E-state index in [0.29, 0.717) is 11.8 Å². The molecule has 1 aromatic rings. The lowest BCUT2D eigenvalue weighted by Gasteiger charge is -1.96. The third-order valence-corrected chi connectivity index (χ3v) is 1.60. The molecule has 0 amide bonds. The number of carbonyl (C=O) groups is 1. The molecule has 0 aliphatic carbocycles. The van der Waals surface area contributed by atoms with Crippen molar-refractivity contribution in [2.45, 2.75) is 41.0 Å². The van der Waals surface area contributed by atoms with Gasteiger partial charge in [-0.25, -0.2) is 0 Å². The van der Waals surface area contributed by atoms with Crippen molar-refractivity contribution in [1.29, 1.82) is 0 Å². The second-order valence-electron chi connectivity index (χ2n) is 3.12. The van der Waals surface area contributed by atoms with Crippen molar-refractivity contribution in [2.75, 3.05) is 0 Å². The van der Waals surface area contributed by atoms with Crippen LogP contribution in [-0.2, 0) is 0 Å². The predicted octanol–water partition coefficient (Wildman–Crippen LogP) is 4.16. The number of rotatable bonds is 2. The first-order chi connectivity index (χ1) is 8.06. The molecular formula is C13H21NO3. The van der Waals surface area contributed by atoms with Gasteiger partial charge in [0.05, 0.1) is 4.92 Å². The molecule has 0 unspecified atom stereocenters. The van der Waals surface area contributed by atoms with Crippen LogP contribution in [0.15, 0.2) is 18.2 Å². The maximum atomic E-state index is 10.4. The minimum atomic E-state index is -0.521. The molecule has 0 radical (unpaired) electrons. The van der Waals surface area contributed by atoms with Gasteiger partial charge in [0.2, 0.25) is 0 Å². The van der Waals surface area contributed by atoms with E-state index in [9.17, 15) is 14.9 Å². The standard InChI is InChI=1S/C8H7NO3.C3H8.C2H6/c1-6-2-3-8(9(11)12)4-7(6)5-10;1-3-2;1-2/h2-5H,1H3;3H2,1-2H3;1-2H3. The number of nitro groups is 1. The molecule has 0 saturated heterocycles. The van der Waals surface area contributed by atoms with Gasteiger partial charge < -0.3 is 0 Å². The van der Waals surface area contributed by atoms with Crippen LogP contribution in [0.2, 0.25) is 0 Å². The number of benzene rings is 1. The minimum Gasteiger partial charge on any atom is -0.298 e. The quantitative estimate of drug-likeness (QED) is 0.442. The Morgan fingerprint density at radius 3 is 2.12 bits per heavy atom. The van der Waals surface area contributed by atoms with E-state index in [1.54, 1.807) is 13.0 Å². The van der Waals surface area contributed by atoms with Crippen molar-refractivity contribution in [2.24, 2.45) is 0 Å². The zero-order valence-corrected chi connectivity index (χ0v) is 11.2. The largest absolute Gasteiger partial charge is 0.298 e. The van der Waals surface area contributed by atoms with Crippen LogP contribution in [0.3, 0.4) is 0 Å². The molecule has 0 aliphatic heterocycles. The lowest BCUT2D eigenvalue weighted by atomic mass is 10.1. The Labute approximate surface area is 103 Å². The fourth-order valence-corrected chi connectivity index (χ4v) is 0.868. The van der Waals surface area contributed by atoms with E-state index in [4.69, 9.17) is 0 Å². The summed E-state index contributed by atoms with van der Waals surface area (Å²) < 4.78 is 0. The average Bonchev–Trinajstić information content (AvgIpc) is 2.33. The van der Waals surface area contributed by atoms with Gasteiger partial charge in [-0.1, -0.05) is 40.2 Å². The van der Waals surface area contributed by atoms with Crippen LogP contribution in [0.25, 0.3) is 0 Å². The number of aldehydes is 1. The summed E-state index contributed by atoms with van der Waals surface area (Å²) in [6.07, 6.45) is 1.86. The summed E-state index contributed by atoms with van der Waals surface area (Å²) in [5, 5.41) is 10.3. The maximum Gasteiger partial charge on any atom is 0.270 e. The molecule has 4 nitrogen and oxygen atoms in total. The van der Waals surface area contributed by atoms with Gasteiger partial charge in [-0.2, -0.15) is 0 Å². The van der Waals surface area contributed by atoms with Crippen molar-refractivity contribution < 1.29 is 9.72 Å². The van der Waals surface area contributed by atoms with Crippen LogP contribution >= 0.6 is 0 Å². The smallest absolute Gasteiger partial charge is 0.270 e. The van der Waals surface area contributed by atoms with Crippen LogP contribution in [0.5, 0.6) is 0 Å². The van der Waals surface area contributed by atoms with E-state index >= 15 is 0 Å². The van der Waals surface area contributed by atoms with E-state index in [0.717, 1.165) is 5.56 Å². The van der Waals surface area contributed by atoms with Crippen molar-refractivity contribution in [3.8, 4) is 0 Å². The zero-order chi connectivity index (χ0) is 13.8. The number of nitrogens with zero attached hydrogens (tertiary/aromatic N) is 1. The number of hydrogen-bond donors (Lipinski definition) is 0. The van der Waals surface area contributed by atoms with Crippen molar-refractivity contribution in [3.05, 3.63) is 39.4 Å².